The molecule has 1 saturated heterocycles. The molecule has 2 aliphatic rings. The van der Waals surface area contributed by atoms with E-state index < -0.39 is 5.60 Å². The van der Waals surface area contributed by atoms with Gasteiger partial charge in [-0.1, -0.05) is 24.3 Å². The van der Waals surface area contributed by atoms with Gasteiger partial charge in [-0.2, -0.15) is 0 Å². The second-order valence-corrected chi connectivity index (χ2v) is 7.68. The molecule has 0 N–H and O–H groups in total. The average molecular weight is 315 g/mol. The van der Waals surface area contributed by atoms with Gasteiger partial charge in [0.15, 0.2) is 0 Å². The second-order valence-electron chi connectivity index (χ2n) is 7.68. The number of carbonyl (C=O) groups excluding carboxylic acids is 2. The van der Waals surface area contributed by atoms with E-state index in [-0.39, 0.29) is 17.8 Å². The molecule has 0 radical (unpaired) electrons. The Hall–Kier alpha value is -1.84. The molecule has 3 rings (SSSR count). The third-order valence-corrected chi connectivity index (χ3v) is 4.70. The van der Waals surface area contributed by atoms with Gasteiger partial charge in [0.25, 0.3) is 0 Å². The molecule has 1 amide bonds. The zero-order valence-electron chi connectivity index (χ0n) is 14.2. The molecule has 1 aliphatic heterocycles. The number of hydrogen-bond acceptors (Lipinski definition) is 3. The van der Waals surface area contributed by atoms with E-state index in [9.17, 15) is 9.59 Å². The summed E-state index contributed by atoms with van der Waals surface area (Å²) in [5.74, 6) is 0.625. The first-order valence-corrected chi connectivity index (χ1v) is 8.42. The Balaban J connectivity index is 1.52. The van der Waals surface area contributed by atoms with Gasteiger partial charge in [-0.15, -0.1) is 0 Å². The third-order valence-electron chi connectivity index (χ3n) is 4.70. The van der Waals surface area contributed by atoms with Gasteiger partial charge in [-0.3, -0.25) is 4.79 Å². The van der Waals surface area contributed by atoms with Crippen molar-refractivity contribution in [1.82, 2.24) is 4.90 Å². The number of ketones is 1. The maximum Gasteiger partial charge on any atom is 0.410 e. The Morgan fingerprint density at radius 1 is 1.26 bits per heavy atom. The molecule has 0 spiro atoms. The molecule has 1 fully saturated rings. The number of nitrogens with zero attached hydrogens (tertiary/aromatic N) is 1. The van der Waals surface area contributed by atoms with Crippen LogP contribution in [0.1, 0.15) is 50.7 Å². The van der Waals surface area contributed by atoms with Crippen LogP contribution in [0.3, 0.4) is 0 Å². The van der Waals surface area contributed by atoms with Crippen LogP contribution in [0, 0.1) is 5.92 Å². The fourth-order valence-electron chi connectivity index (χ4n) is 3.47. The topological polar surface area (TPSA) is 46.6 Å². The van der Waals surface area contributed by atoms with Crippen LogP contribution in [0.5, 0.6) is 0 Å². The maximum atomic E-state index is 12.5. The molecule has 124 valence electrons. The highest BCUT2D eigenvalue weighted by Crippen LogP contribution is 2.38. The van der Waals surface area contributed by atoms with Gasteiger partial charge in [-0.05, 0) is 50.7 Å². The maximum absolute atomic E-state index is 12.5. The summed E-state index contributed by atoms with van der Waals surface area (Å²) in [5.41, 5.74) is 2.20. The lowest BCUT2D eigenvalue weighted by Crippen LogP contribution is -2.36. The van der Waals surface area contributed by atoms with Crippen LogP contribution in [0.25, 0.3) is 0 Å². The van der Waals surface area contributed by atoms with Crippen molar-refractivity contribution in [3.05, 3.63) is 35.4 Å². The summed E-state index contributed by atoms with van der Waals surface area (Å²) < 4.78 is 5.39. The third kappa shape index (κ3) is 3.57. The van der Waals surface area contributed by atoms with E-state index in [0.29, 0.717) is 25.4 Å². The number of hydrogen-bond donors (Lipinski definition) is 0. The Labute approximate surface area is 137 Å². The van der Waals surface area contributed by atoms with E-state index >= 15 is 0 Å². The number of ether oxygens (including phenoxy) is 1. The predicted molar refractivity (Wildman–Crippen MR) is 88.4 cm³/mol. The molecular formula is C19H25NO3. The summed E-state index contributed by atoms with van der Waals surface area (Å²) >= 11 is 0. The number of likely N-dealkylation sites (tertiary alicyclic amines) is 1. The number of rotatable bonds is 3. The van der Waals surface area contributed by atoms with E-state index in [1.165, 1.54) is 11.1 Å². The normalized spacial score (nSPS) is 23.2. The smallest absolute Gasteiger partial charge is 0.410 e. The number of benzene rings is 1. The molecule has 2 atom stereocenters. The van der Waals surface area contributed by atoms with E-state index in [0.717, 1.165) is 12.8 Å². The average Bonchev–Trinajstić information content (AvgIpc) is 2.93. The highest BCUT2D eigenvalue weighted by molar-refractivity contribution is 5.83. The van der Waals surface area contributed by atoms with Gasteiger partial charge in [-0.25, -0.2) is 4.79 Å². The first-order chi connectivity index (χ1) is 10.8. The lowest BCUT2D eigenvalue weighted by atomic mass is 9.74. The second kappa shape index (κ2) is 5.99. The molecule has 4 nitrogen and oxygen atoms in total. The van der Waals surface area contributed by atoms with Crippen molar-refractivity contribution in [2.24, 2.45) is 5.92 Å². The van der Waals surface area contributed by atoms with Gasteiger partial charge in [0, 0.05) is 25.4 Å². The molecule has 0 saturated carbocycles. The van der Waals surface area contributed by atoms with Crippen molar-refractivity contribution in [3.8, 4) is 0 Å². The van der Waals surface area contributed by atoms with Crippen LogP contribution in [-0.4, -0.2) is 35.5 Å². The number of Topliss-reactive ketones (excluding diaryl/α,β-unsaturated/α-hetero) is 1. The molecule has 23 heavy (non-hydrogen) atoms. The minimum absolute atomic E-state index is 0.0321. The Bertz CT molecular complexity index is 617. The Morgan fingerprint density at radius 3 is 2.70 bits per heavy atom. The zero-order chi connectivity index (χ0) is 16.6. The molecule has 0 bridgehead atoms. The summed E-state index contributed by atoms with van der Waals surface area (Å²) in [4.78, 5) is 26.3. The molecule has 1 aromatic rings. The van der Waals surface area contributed by atoms with Crippen LogP contribution in [-0.2, 0) is 16.0 Å². The highest BCUT2D eigenvalue weighted by Gasteiger charge is 2.35. The van der Waals surface area contributed by atoms with E-state index in [4.69, 9.17) is 4.74 Å². The lowest BCUT2D eigenvalue weighted by Gasteiger charge is -2.30. The standard InChI is InChI=1S/C19H25NO3/c1-19(2,3)23-18(22)20-9-8-14(12-20)17(21)11-15-10-13-6-4-5-7-16(13)15/h4-7,14-15H,8-12H2,1-3H3. The predicted octanol–water partition coefficient (Wildman–Crippen LogP) is 3.54. The van der Waals surface area contributed by atoms with Crippen molar-refractivity contribution in [3.63, 3.8) is 0 Å². The van der Waals surface area contributed by atoms with Crippen molar-refractivity contribution in [1.29, 1.82) is 0 Å². The van der Waals surface area contributed by atoms with E-state index in [1.807, 2.05) is 32.9 Å². The van der Waals surface area contributed by atoms with Crippen LogP contribution in [0.15, 0.2) is 24.3 Å². The van der Waals surface area contributed by atoms with Crippen molar-refractivity contribution in [2.45, 2.75) is 51.6 Å². The van der Waals surface area contributed by atoms with Crippen LogP contribution in [0.2, 0.25) is 0 Å². The van der Waals surface area contributed by atoms with Crippen molar-refractivity contribution in [2.75, 3.05) is 13.1 Å². The molecule has 2 unspecified atom stereocenters. The summed E-state index contributed by atoms with van der Waals surface area (Å²) in [7, 11) is 0. The molecule has 1 aromatic carbocycles. The molecule has 1 aliphatic carbocycles. The Morgan fingerprint density at radius 2 is 2.00 bits per heavy atom. The SMILES string of the molecule is CC(C)(C)OC(=O)N1CCC(C(=O)CC2Cc3ccccc32)C1. The molecule has 0 aromatic heterocycles. The van der Waals surface area contributed by atoms with Crippen molar-refractivity contribution < 1.29 is 14.3 Å². The lowest BCUT2D eigenvalue weighted by molar-refractivity contribution is -0.122. The van der Waals surface area contributed by atoms with Gasteiger partial charge in [0.2, 0.25) is 0 Å². The first kappa shape index (κ1) is 16.0. The number of carbonyl (C=O) groups is 2. The van der Waals surface area contributed by atoms with Crippen molar-refractivity contribution >= 4 is 11.9 Å². The van der Waals surface area contributed by atoms with Crippen LogP contribution < -0.4 is 0 Å². The summed E-state index contributed by atoms with van der Waals surface area (Å²) in [5, 5.41) is 0. The van der Waals surface area contributed by atoms with E-state index in [1.54, 1.807) is 4.90 Å². The van der Waals surface area contributed by atoms with Gasteiger partial charge >= 0.3 is 6.09 Å². The van der Waals surface area contributed by atoms with Gasteiger partial charge < -0.3 is 9.64 Å². The number of amides is 1. The summed E-state index contributed by atoms with van der Waals surface area (Å²) in [6, 6.07) is 8.34. The monoisotopic (exact) mass is 315 g/mol. The molecular weight excluding hydrogens is 290 g/mol. The minimum Gasteiger partial charge on any atom is -0.444 e. The zero-order valence-corrected chi connectivity index (χ0v) is 14.2. The summed E-state index contributed by atoms with van der Waals surface area (Å²) in [6.07, 6.45) is 2.06. The van der Waals surface area contributed by atoms with Crippen LogP contribution in [0.4, 0.5) is 4.79 Å². The first-order valence-electron chi connectivity index (χ1n) is 8.42. The van der Waals surface area contributed by atoms with Gasteiger partial charge in [0.1, 0.15) is 11.4 Å². The highest BCUT2D eigenvalue weighted by atomic mass is 16.6. The fraction of sp³-hybridized carbons (Fsp3) is 0.579. The largest absolute Gasteiger partial charge is 0.444 e. The Kier molecular flexibility index (Phi) is 4.17. The molecule has 4 heteroatoms. The quantitative estimate of drug-likeness (QED) is 0.857. The van der Waals surface area contributed by atoms with Gasteiger partial charge in [0.05, 0.1) is 0 Å². The number of fused-ring (bicyclic) bond motifs is 1. The molecule has 1 heterocycles. The fourth-order valence-corrected chi connectivity index (χ4v) is 3.47. The van der Waals surface area contributed by atoms with Crippen LogP contribution >= 0.6 is 0 Å². The van der Waals surface area contributed by atoms with E-state index in [2.05, 4.69) is 12.1 Å². The summed E-state index contributed by atoms with van der Waals surface area (Å²) in [6.45, 7) is 6.70. The minimum atomic E-state index is -0.491.